The van der Waals surface area contributed by atoms with Gasteiger partial charge < -0.3 is 5.32 Å². The van der Waals surface area contributed by atoms with Crippen molar-refractivity contribution in [3.63, 3.8) is 0 Å². The van der Waals surface area contributed by atoms with E-state index in [1.54, 1.807) is 6.92 Å². The lowest BCUT2D eigenvalue weighted by Crippen LogP contribution is -2.35. The molecule has 0 saturated carbocycles. The third-order valence-electron chi connectivity index (χ3n) is 2.64. The number of carbonyl (C=O) groups excluding carboxylic acids is 1. The average molecular weight is 171 g/mol. The Labute approximate surface area is 71.1 Å². The molecule has 2 aliphatic heterocycles. The summed E-state index contributed by atoms with van der Waals surface area (Å²) in [5.41, 5.74) is 0. The molecular weight excluding hydrogens is 158 g/mol. The number of hydrogen-bond acceptors (Lipinski definition) is 3. The van der Waals surface area contributed by atoms with Gasteiger partial charge in [-0.05, 0) is 25.0 Å². The zero-order valence-corrected chi connectivity index (χ0v) is 7.49. The van der Waals surface area contributed by atoms with E-state index < -0.39 is 0 Å². The minimum Gasteiger partial charge on any atom is -0.304 e. The van der Waals surface area contributed by atoms with E-state index in [9.17, 15) is 4.79 Å². The zero-order chi connectivity index (χ0) is 7.84. The maximum atomic E-state index is 11.0. The summed E-state index contributed by atoms with van der Waals surface area (Å²) in [5.74, 6) is 3.54. The fourth-order valence-corrected chi connectivity index (χ4v) is 3.36. The normalized spacial score (nSPS) is 42.5. The van der Waals surface area contributed by atoms with Crippen LogP contribution in [0.1, 0.15) is 13.3 Å². The summed E-state index contributed by atoms with van der Waals surface area (Å²) in [6.45, 7) is 1.69. The van der Waals surface area contributed by atoms with E-state index in [1.807, 2.05) is 11.8 Å². The lowest BCUT2D eigenvalue weighted by molar-refractivity contribution is -0.118. The first-order chi connectivity index (χ1) is 5.27. The molecule has 2 heterocycles. The Kier molecular flexibility index (Phi) is 1.93. The van der Waals surface area contributed by atoms with Gasteiger partial charge in [-0.1, -0.05) is 0 Å². The highest BCUT2D eigenvalue weighted by molar-refractivity contribution is 7.99. The summed E-state index contributed by atoms with van der Waals surface area (Å²) in [6, 6.07) is 0.805. The van der Waals surface area contributed by atoms with Crippen LogP contribution in [0.25, 0.3) is 0 Å². The van der Waals surface area contributed by atoms with Gasteiger partial charge in [0.25, 0.3) is 0 Å². The van der Waals surface area contributed by atoms with Gasteiger partial charge in [0.15, 0.2) is 0 Å². The van der Waals surface area contributed by atoms with Gasteiger partial charge in [0, 0.05) is 11.8 Å². The predicted octanol–water partition coefficient (Wildman–Crippen LogP) is 0.669. The Bertz CT molecular complexity index is 171. The van der Waals surface area contributed by atoms with Crippen LogP contribution in [0, 0.1) is 5.92 Å². The summed E-state index contributed by atoms with van der Waals surface area (Å²) >= 11 is 2.01. The van der Waals surface area contributed by atoms with Crippen LogP contribution in [0.4, 0.5) is 0 Å². The van der Waals surface area contributed by atoms with Gasteiger partial charge in [0.1, 0.15) is 5.78 Å². The second-order valence-electron chi connectivity index (χ2n) is 3.47. The molecule has 0 aromatic carbocycles. The minimum atomic E-state index is 0.172. The Hall–Kier alpha value is -0.0200. The lowest BCUT2D eigenvalue weighted by Gasteiger charge is -2.07. The first-order valence-corrected chi connectivity index (χ1v) is 5.27. The van der Waals surface area contributed by atoms with Crippen molar-refractivity contribution in [2.45, 2.75) is 25.4 Å². The van der Waals surface area contributed by atoms with Crippen LogP contribution >= 0.6 is 11.8 Å². The molecule has 2 saturated heterocycles. The maximum Gasteiger partial charge on any atom is 0.146 e. The van der Waals surface area contributed by atoms with Crippen LogP contribution in [0.3, 0.4) is 0 Å². The van der Waals surface area contributed by atoms with Crippen LogP contribution in [-0.4, -0.2) is 29.4 Å². The smallest absolute Gasteiger partial charge is 0.146 e. The number of carbonyl (C=O) groups is 1. The molecule has 2 fully saturated rings. The van der Waals surface area contributed by atoms with Crippen molar-refractivity contribution in [3.05, 3.63) is 0 Å². The Balaban J connectivity index is 1.99. The predicted molar refractivity (Wildman–Crippen MR) is 46.8 cm³/mol. The minimum absolute atomic E-state index is 0.172. The van der Waals surface area contributed by atoms with Gasteiger partial charge in [-0.25, -0.2) is 0 Å². The van der Waals surface area contributed by atoms with Crippen LogP contribution in [0.2, 0.25) is 0 Å². The molecule has 11 heavy (non-hydrogen) atoms. The molecule has 0 aromatic rings. The number of Topliss-reactive ketones (excluding diaryl/α,β-unsaturated/α-hetero) is 1. The summed E-state index contributed by atoms with van der Waals surface area (Å²) in [6.07, 6.45) is 1.08. The van der Waals surface area contributed by atoms with Crippen molar-refractivity contribution in [1.29, 1.82) is 0 Å². The Morgan fingerprint density at radius 2 is 2.36 bits per heavy atom. The van der Waals surface area contributed by atoms with Gasteiger partial charge >= 0.3 is 0 Å². The Morgan fingerprint density at radius 3 is 3.00 bits per heavy atom. The second kappa shape index (κ2) is 2.79. The molecule has 0 radical (unpaired) electrons. The van der Waals surface area contributed by atoms with E-state index in [2.05, 4.69) is 5.32 Å². The van der Waals surface area contributed by atoms with Crippen molar-refractivity contribution in [3.8, 4) is 0 Å². The maximum absolute atomic E-state index is 11.0. The third kappa shape index (κ3) is 1.32. The first kappa shape index (κ1) is 7.62. The van der Waals surface area contributed by atoms with Gasteiger partial charge in [-0.3, -0.25) is 4.79 Å². The topological polar surface area (TPSA) is 29.1 Å². The highest BCUT2D eigenvalue weighted by Crippen LogP contribution is 2.32. The van der Waals surface area contributed by atoms with E-state index in [0.717, 1.165) is 12.3 Å². The van der Waals surface area contributed by atoms with E-state index in [-0.39, 0.29) is 6.04 Å². The third-order valence-corrected chi connectivity index (χ3v) is 3.90. The summed E-state index contributed by atoms with van der Waals surface area (Å²) in [4.78, 5) is 11.0. The van der Waals surface area contributed by atoms with Crippen LogP contribution < -0.4 is 5.32 Å². The monoisotopic (exact) mass is 171 g/mol. The van der Waals surface area contributed by atoms with Crippen LogP contribution in [0.15, 0.2) is 0 Å². The van der Waals surface area contributed by atoms with E-state index in [0.29, 0.717) is 11.8 Å². The fourth-order valence-electron chi connectivity index (χ4n) is 1.93. The molecule has 0 amide bonds. The van der Waals surface area contributed by atoms with Gasteiger partial charge in [-0.15, -0.1) is 0 Å². The van der Waals surface area contributed by atoms with Crippen molar-refractivity contribution in [2.75, 3.05) is 11.5 Å². The number of fused-ring (bicyclic) bond motifs is 1. The van der Waals surface area contributed by atoms with E-state index in [1.165, 1.54) is 11.5 Å². The highest BCUT2D eigenvalue weighted by atomic mass is 32.2. The van der Waals surface area contributed by atoms with Crippen LogP contribution in [0.5, 0.6) is 0 Å². The van der Waals surface area contributed by atoms with Crippen LogP contribution in [-0.2, 0) is 4.79 Å². The van der Waals surface area contributed by atoms with Gasteiger partial charge in [0.2, 0.25) is 0 Å². The second-order valence-corrected chi connectivity index (χ2v) is 4.54. The lowest BCUT2D eigenvalue weighted by atomic mass is 10.0. The summed E-state index contributed by atoms with van der Waals surface area (Å²) in [5, 5.41) is 3.38. The molecule has 0 bridgehead atoms. The molecule has 2 nitrogen and oxygen atoms in total. The molecule has 2 aliphatic rings. The van der Waals surface area contributed by atoms with Crippen molar-refractivity contribution in [1.82, 2.24) is 5.32 Å². The van der Waals surface area contributed by atoms with E-state index in [4.69, 9.17) is 0 Å². The van der Waals surface area contributed by atoms with Crippen molar-refractivity contribution in [2.24, 2.45) is 5.92 Å². The summed E-state index contributed by atoms with van der Waals surface area (Å²) in [7, 11) is 0. The molecule has 62 valence electrons. The van der Waals surface area contributed by atoms with Crippen molar-refractivity contribution < 1.29 is 4.79 Å². The number of rotatable bonds is 1. The molecular formula is C8H13NOS. The van der Waals surface area contributed by atoms with Gasteiger partial charge in [-0.2, -0.15) is 11.8 Å². The number of thioether (sulfide) groups is 1. The average Bonchev–Trinajstić information content (AvgIpc) is 2.40. The molecule has 3 unspecified atom stereocenters. The molecule has 3 atom stereocenters. The first-order valence-electron chi connectivity index (χ1n) is 4.11. The number of hydrogen-bond donors (Lipinski definition) is 1. The number of nitrogens with one attached hydrogen (secondary N) is 1. The molecule has 2 rings (SSSR count). The van der Waals surface area contributed by atoms with Gasteiger partial charge in [0.05, 0.1) is 6.04 Å². The quantitative estimate of drug-likeness (QED) is 0.628. The molecule has 0 spiro atoms. The number of ketones is 1. The molecule has 3 heteroatoms. The largest absolute Gasteiger partial charge is 0.304 e. The van der Waals surface area contributed by atoms with Crippen molar-refractivity contribution >= 4 is 17.5 Å². The standard InChI is InChI=1S/C8H13NOS/c1-5(10)7-2-6-3-11-4-8(6)9-7/h6-9H,2-4H2,1H3. The highest BCUT2D eigenvalue weighted by Gasteiger charge is 2.38. The summed E-state index contributed by atoms with van der Waals surface area (Å²) < 4.78 is 0. The molecule has 0 aromatic heterocycles. The fraction of sp³-hybridized carbons (Fsp3) is 0.875. The molecule has 0 aliphatic carbocycles. The zero-order valence-electron chi connectivity index (χ0n) is 6.67. The SMILES string of the molecule is CC(=O)C1CC2CSCC2N1. The Morgan fingerprint density at radius 1 is 1.55 bits per heavy atom. The molecule has 1 N–H and O–H groups in total. The van der Waals surface area contributed by atoms with E-state index >= 15 is 0 Å².